The first-order valence-electron chi connectivity index (χ1n) is 5.70. The molecule has 0 N–H and O–H groups in total. The van der Waals surface area contributed by atoms with Crippen molar-refractivity contribution in [2.75, 3.05) is 30.1 Å². The smallest absolute Gasteiger partial charge is 0.315 e. The molecule has 0 unspecified atom stereocenters. The maximum absolute atomic E-state index is 11.8. The van der Waals surface area contributed by atoms with E-state index in [1.807, 2.05) is 30.3 Å². The van der Waals surface area contributed by atoms with Gasteiger partial charge in [0.05, 0.1) is 18.1 Å². The summed E-state index contributed by atoms with van der Waals surface area (Å²) >= 11 is 1.27. The molecule has 0 aliphatic carbocycles. The molecule has 0 heterocycles. The number of hydrogen-bond donors (Lipinski definition) is 0. The molecule has 98 valence electrons. The highest BCUT2D eigenvalue weighted by molar-refractivity contribution is 8.00. The molecule has 0 fully saturated rings. The van der Waals surface area contributed by atoms with Crippen LogP contribution in [0.3, 0.4) is 0 Å². The molecule has 0 atom stereocenters. The maximum atomic E-state index is 11.8. The molecule has 0 spiro atoms. The summed E-state index contributed by atoms with van der Waals surface area (Å²) in [4.78, 5) is 24.5. The lowest BCUT2D eigenvalue weighted by atomic mass is 10.3. The molecule has 5 heteroatoms. The Morgan fingerprint density at radius 2 is 1.89 bits per heavy atom. The topological polar surface area (TPSA) is 46.6 Å². The van der Waals surface area contributed by atoms with E-state index < -0.39 is 0 Å². The molecule has 0 aromatic heterocycles. The Morgan fingerprint density at radius 3 is 2.50 bits per heavy atom. The quantitative estimate of drug-likeness (QED) is 0.739. The van der Waals surface area contributed by atoms with Crippen molar-refractivity contribution in [2.24, 2.45) is 0 Å². The second kappa shape index (κ2) is 7.76. The predicted octanol–water partition coefficient (Wildman–Crippen LogP) is 1.95. The number of anilines is 1. The molecular weight excluding hydrogens is 250 g/mol. The van der Waals surface area contributed by atoms with Crippen LogP contribution in [0.2, 0.25) is 0 Å². The highest BCUT2D eigenvalue weighted by Gasteiger charge is 2.11. The monoisotopic (exact) mass is 267 g/mol. The van der Waals surface area contributed by atoms with Gasteiger partial charge in [-0.15, -0.1) is 11.8 Å². The molecule has 0 saturated carbocycles. The van der Waals surface area contributed by atoms with Crippen LogP contribution in [0.15, 0.2) is 30.3 Å². The van der Waals surface area contributed by atoms with Crippen LogP contribution in [0.1, 0.15) is 6.92 Å². The standard InChI is InChI=1S/C13H17NO3S/c1-3-17-13(16)10-18-9-12(15)14(2)11-7-5-4-6-8-11/h4-8H,3,9-10H2,1-2H3. The molecule has 1 amide bonds. The van der Waals surface area contributed by atoms with E-state index in [4.69, 9.17) is 4.74 Å². The number of thioether (sulfide) groups is 1. The number of hydrogen-bond acceptors (Lipinski definition) is 4. The predicted molar refractivity (Wildman–Crippen MR) is 73.8 cm³/mol. The molecule has 0 radical (unpaired) electrons. The Labute approximate surface area is 111 Å². The van der Waals surface area contributed by atoms with E-state index in [0.29, 0.717) is 6.61 Å². The lowest BCUT2D eigenvalue weighted by molar-refractivity contribution is -0.139. The number of ether oxygens (including phenoxy) is 1. The summed E-state index contributed by atoms with van der Waals surface area (Å²) in [6.45, 7) is 2.13. The molecule has 18 heavy (non-hydrogen) atoms. The normalized spacial score (nSPS) is 9.89. The zero-order valence-electron chi connectivity index (χ0n) is 10.6. The summed E-state index contributed by atoms with van der Waals surface area (Å²) in [7, 11) is 1.72. The lowest BCUT2D eigenvalue weighted by Gasteiger charge is -2.16. The van der Waals surface area contributed by atoms with Gasteiger partial charge in [-0.1, -0.05) is 18.2 Å². The van der Waals surface area contributed by atoms with Crippen LogP contribution in [0.25, 0.3) is 0 Å². The second-order valence-electron chi connectivity index (χ2n) is 3.59. The van der Waals surface area contributed by atoms with Crippen LogP contribution < -0.4 is 4.90 Å². The molecule has 1 aromatic carbocycles. The molecule has 1 aromatic rings. The number of nitrogens with zero attached hydrogens (tertiary/aromatic N) is 1. The van der Waals surface area contributed by atoms with Gasteiger partial charge in [0.25, 0.3) is 0 Å². The number of carbonyl (C=O) groups excluding carboxylic acids is 2. The Kier molecular flexibility index (Phi) is 6.28. The van der Waals surface area contributed by atoms with Gasteiger partial charge in [-0.2, -0.15) is 0 Å². The van der Waals surface area contributed by atoms with Gasteiger partial charge in [0.15, 0.2) is 0 Å². The van der Waals surface area contributed by atoms with Crippen molar-refractivity contribution in [3.8, 4) is 0 Å². The number of rotatable bonds is 6. The first kappa shape index (κ1) is 14.6. The van der Waals surface area contributed by atoms with E-state index in [0.717, 1.165) is 5.69 Å². The summed E-state index contributed by atoms with van der Waals surface area (Å²) in [5.74, 6) is 0.167. The maximum Gasteiger partial charge on any atom is 0.315 e. The van der Waals surface area contributed by atoms with E-state index in [9.17, 15) is 9.59 Å². The van der Waals surface area contributed by atoms with Gasteiger partial charge in [0.2, 0.25) is 5.91 Å². The summed E-state index contributed by atoms with van der Waals surface area (Å²) < 4.78 is 4.78. The summed E-state index contributed by atoms with van der Waals surface area (Å²) in [6, 6.07) is 9.40. The number of carbonyl (C=O) groups is 2. The fourth-order valence-corrected chi connectivity index (χ4v) is 2.04. The van der Waals surface area contributed by atoms with Gasteiger partial charge in [-0.05, 0) is 19.1 Å². The fraction of sp³-hybridized carbons (Fsp3) is 0.385. The largest absolute Gasteiger partial charge is 0.465 e. The SMILES string of the molecule is CCOC(=O)CSCC(=O)N(C)c1ccccc1. The molecular formula is C13H17NO3S. The highest BCUT2D eigenvalue weighted by Crippen LogP contribution is 2.13. The van der Waals surface area contributed by atoms with Gasteiger partial charge >= 0.3 is 5.97 Å². The average Bonchev–Trinajstić information content (AvgIpc) is 2.39. The molecule has 0 aliphatic rings. The van der Waals surface area contributed by atoms with Crippen LogP contribution in [-0.2, 0) is 14.3 Å². The van der Waals surface area contributed by atoms with Crippen molar-refractivity contribution < 1.29 is 14.3 Å². The van der Waals surface area contributed by atoms with Crippen molar-refractivity contribution in [3.05, 3.63) is 30.3 Å². The minimum Gasteiger partial charge on any atom is -0.465 e. The first-order chi connectivity index (χ1) is 8.65. The Bertz CT molecular complexity index is 394. The van der Waals surface area contributed by atoms with E-state index in [1.54, 1.807) is 18.9 Å². The number of para-hydroxylation sites is 1. The third-order valence-corrected chi connectivity index (χ3v) is 3.16. The van der Waals surface area contributed by atoms with E-state index in [-0.39, 0.29) is 23.4 Å². The Balaban J connectivity index is 2.35. The number of benzene rings is 1. The zero-order valence-corrected chi connectivity index (χ0v) is 11.4. The molecule has 1 rings (SSSR count). The fourth-order valence-electron chi connectivity index (χ4n) is 1.32. The van der Waals surface area contributed by atoms with Crippen LogP contribution in [-0.4, -0.2) is 37.0 Å². The van der Waals surface area contributed by atoms with E-state index in [2.05, 4.69) is 0 Å². The number of esters is 1. The van der Waals surface area contributed by atoms with Crippen molar-refractivity contribution >= 4 is 29.3 Å². The average molecular weight is 267 g/mol. The third-order valence-electron chi connectivity index (χ3n) is 2.27. The summed E-state index contributed by atoms with van der Waals surface area (Å²) in [5.41, 5.74) is 0.847. The van der Waals surface area contributed by atoms with Crippen molar-refractivity contribution in [2.45, 2.75) is 6.92 Å². The van der Waals surface area contributed by atoms with E-state index in [1.165, 1.54) is 11.8 Å². The second-order valence-corrected chi connectivity index (χ2v) is 4.57. The summed E-state index contributed by atoms with van der Waals surface area (Å²) in [6.07, 6.45) is 0. The Hall–Kier alpha value is -1.49. The van der Waals surface area contributed by atoms with Gasteiger partial charge < -0.3 is 9.64 Å². The van der Waals surface area contributed by atoms with Gasteiger partial charge in [0.1, 0.15) is 0 Å². The van der Waals surface area contributed by atoms with Crippen LogP contribution >= 0.6 is 11.8 Å². The first-order valence-corrected chi connectivity index (χ1v) is 6.85. The summed E-state index contributed by atoms with van der Waals surface area (Å²) in [5, 5.41) is 0. The van der Waals surface area contributed by atoms with Crippen LogP contribution in [0.4, 0.5) is 5.69 Å². The highest BCUT2D eigenvalue weighted by atomic mass is 32.2. The lowest BCUT2D eigenvalue weighted by Crippen LogP contribution is -2.28. The van der Waals surface area contributed by atoms with Crippen LogP contribution in [0, 0.1) is 0 Å². The molecule has 0 aliphatic heterocycles. The van der Waals surface area contributed by atoms with E-state index >= 15 is 0 Å². The van der Waals surface area contributed by atoms with Crippen molar-refractivity contribution in [3.63, 3.8) is 0 Å². The van der Waals surface area contributed by atoms with Crippen molar-refractivity contribution in [1.29, 1.82) is 0 Å². The van der Waals surface area contributed by atoms with Crippen molar-refractivity contribution in [1.82, 2.24) is 0 Å². The minimum absolute atomic E-state index is 0.0319. The van der Waals surface area contributed by atoms with Gasteiger partial charge in [-0.25, -0.2) is 0 Å². The molecule has 0 saturated heterocycles. The minimum atomic E-state index is -0.280. The molecule has 0 bridgehead atoms. The van der Waals surface area contributed by atoms with Gasteiger partial charge in [0, 0.05) is 12.7 Å². The Morgan fingerprint density at radius 1 is 1.22 bits per heavy atom. The zero-order chi connectivity index (χ0) is 13.4. The third kappa shape index (κ3) is 4.79. The molecule has 4 nitrogen and oxygen atoms in total. The number of amides is 1. The van der Waals surface area contributed by atoms with Crippen LogP contribution in [0.5, 0.6) is 0 Å². The van der Waals surface area contributed by atoms with Gasteiger partial charge in [-0.3, -0.25) is 9.59 Å².